The first-order valence-electron chi connectivity index (χ1n) is 7.33. The van der Waals surface area contributed by atoms with Crippen LogP contribution in [0.25, 0.3) is 0 Å². The highest BCUT2D eigenvalue weighted by molar-refractivity contribution is 6.04. The number of carbonyl (C=O) groups is 1. The second kappa shape index (κ2) is 7.50. The van der Waals surface area contributed by atoms with Crippen molar-refractivity contribution in [1.29, 1.82) is 0 Å². The van der Waals surface area contributed by atoms with Crippen molar-refractivity contribution in [2.75, 3.05) is 19.0 Å². The Balaban J connectivity index is 2.15. The van der Waals surface area contributed by atoms with Gasteiger partial charge < -0.3 is 14.8 Å². The van der Waals surface area contributed by atoms with Gasteiger partial charge in [0.2, 0.25) is 0 Å². The molecule has 2 aromatic carbocycles. The molecule has 0 unspecified atom stereocenters. The van der Waals surface area contributed by atoms with Crippen LogP contribution in [-0.4, -0.2) is 19.6 Å². The number of methoxy groups -OCH3 is 1. The summed E-state index contributed by atoms with van der Waals surface area (Å²) in [7, 11) is 1.57. The van der Waals surface area contributed by atoms with E-state index in [9.17, 15) is 4.79 Å². The highest BCUT2D eigenvalue weighted by atomic mass is 16.5. The molecular formula is C18H21NO3. The van der Waals surface area contributed by atoms with Crippen LogP contribution in [0.2, 0.25) is 0 Å². The molecule has 0 bridgehead atoms. The van der Waals surface area contributed by atoms with Gasteiger partial charge in [-0.15, -0.1) is 0 Å². The number of rotatable bonds is 6. The number of amides is 1. The van der Waals surface area contributed by atoms with Gasteiger partial charge in [0.1, 0.15) is 0 Å². The van der Waals surface area contributed by atoms with Gasteiger partial charge in [0.25, 0.3) is 5.91 Å². The molecule has 0 aliphatic carbocycles. The van der Waals surface area contributed by atoms with Gasteiger partial charge >= 0.3 is 0 Å². The minimum absolute atomic E-state index is 0.175. The van der Waals surface area contributed by atoms with Crippen molar-refractivity contribution in [3.05, 3.63) is 53.6 Å². The summed E-state index contributed by atoms with van der Waals surface area (Å²) in [5.74, 6) is 1.03. The maximum Gasteiger partial charge on any atom is 0.255 e. The van der Waals surface area contributed by atoms with Gasteiger partial charge in [0, 0.05) is 11.3 Å². The van der Waals surface area contributed by atoms with Gasteiger partial charge in [0.15, 0.2) is 11.5 Å². The van der Waals surface area contributed by atoms with Gasteiger partial charge in [-0.25, -0.2) is 0 Å². The zero-order chi connectivity index (χ0) is 15.9. The topological polar surface area (TPSA) is 47.6 Å². The number of hydrogen-bond acceptors (Lipinski definition) is 3. The third-order valence-corrected chi connectivity index (χ3v) is 3.16. The summed E-state index contributed by atoms with van der Waals surface area (Å²) in [6.07, 6.45) is 0.915. The molecule has 0 radical (unpaired) electrons. The van der Waals surface area contributed by atoms with Crippen LogP contribution in [0.4, 0.5) is 5.69 Å². The van der Waals surface area contributed by atoms with E-state index < -0.39 is 0 Å². The normalized spacial score (nSPS) is 10.1. The van der Waals surface area contributed by atoms with Crippen LogP contribution in [0.1, 0.15) is 29.3 Å². The minimum Gasteiger partial charge on any atom is -0.493 e. The first kappa shape index (κ1) is 15.9. The summed E-state index contributed by atoms with van der Waals surface area (Å²) in [4.78, 5) is 12.3. The van der Waals surface area contributed by atoms with E-state index in [1.165, 1.54) is 0 Å². The third-order valence-electron chi connectivity index (χ3n) is 3.16. The van der Waals surface area contributed by atoms with Gasteiger partial charge in [0.05, 0.1) is 13.7 Å². The van der Waals surface area contributed by atoms with E-state index in [1.54, 1.807) is 25.3 Å². The molecule has 0 heterocycles. The zero-order valence-electron chi connectivity index (χ0n) is 13.2. The Hall–Kier alpha value is -2.49. The van der Waals surface area contributed by atoms with Gasteiger partial charge in [-0.2, -0.15) is 0 Å². The van der Waals surface area contributed by atoms with Crippen LogP contribution >= 0.6 is 0 Å². The first-order valence-corrected chi connectivity index (χ1v) is 7.33. The molecule has 0 saturated heterocycles. The molecule has 0 fully saturated rings. The fraction of sp³-hybridized carbons (Fsp3) is 0.278. The lowest BCUT2D eigenvalue weighted by Crippen LogP contribution is -2.12. The van der Waals surface area contributed by atoms with Crippen LogP contribution in [-0.2, 0) is 0 Å². The van der Waals surface area contributed by atoms with Crippen molar-refractivity contribution in [3.8, 4) is 11.5 Å². The molecule has 0 aliphatic heterocycles. The fourth-order valence-electron chi connectivity index (χ4n) is 2.07. The average Bonchev–Trinajstić information content (AvgIpc) is 2.52. The molecule has 0 spiro atoms. The van der Waals surface area contributed by atoms with Crippen molar-refractivity contribution >= 4 is 11.6 Å². The summed E-state index contributed by atoms with van der Waals surface area (Å²) in [5, 5.41) is 2.88. The monoisotopic (exact) mass is 299 g/mol. The lowest BCUT2D eigenvalue weighted by Gasteiger charge is -2.12. The van der Waals surface area contributed by atoms with E-state index in [1.807, 2.05) is 38.1 Å². The summed E-state index contributed by atoms with van der Waals surface area (Å²) < 4.78 is 10.9. The van der Waals surface area contributed by atoms with Crippen molar-refractivity contribution in [3.63, 3.8) is 0 Å². The Morgan fingerprint density at radius 1 is 1.14 bits per heavy atom. The predicted octanol–water partition coefficient (Wildman–Crippen LogP) is 4.04. The maximum atomic E-state index is 12.3. The number of ether oxygens (including phenoxy) is 2. The SMILES string of the molecule is CCCOc1ccc(C(=O)Nc2cccc(C)c2)cc1OC. The average molecular weight is 299 g/mol. The molecule has 0 aromatic heterocycles. The van der Waals surface area contributed by atoms with Gasteiger partial charge in [-0.1, -0.05) is 19.1 Å². The molecule has 1 N–H and O–H groups in total. The number of hydrogen-bond donors (Lipinski definition) is 1. The van der Waals surface area contributed by atoms with Crippen molar-refractivity contribution in [2.24, 2.45) is 0 Å². The van der Waals surface area contributed by atoms with Gasteiger partial charge in [-0.05, 0) is 49.2 Å². The second-order valence-electron chi connectivity index (χ2n) is 5.04. The summed E-state index contributed by atoms with van der Waals surface area (Å²) in [6, 6.07) is 12.9. The zero-order valence-corrected chi connectivity index (χ0v) is 13.2. The fourth-order valence-corrected chi connectivity index (χ4v) is 2.07. The molecule has 116 valence electrons. The first-order chi connectivity index (χ1) is 10.6. The van der Waals surface area contributed by atoms with E-state index in [0.29, 0.717) is 23.7 Å². The molecule has 1 amide bonds. The highest BCUT2D eigenvalue weighted by Crippen LogP contribution is 2.28. The van der Waals surface area contributed by atoms with Crippen LogP contribution < -0.4 is 14.8 Å². The standard InChI is InChI=1S/C18H21NO3/c1-4-10-22-16-9-8-14(12-17(16)21-3)18(20)19-15-7-5-6-13(2)11-15/h5-9,11-12H,4,10H2,1-3H3,(H,19,20). The summed E-state index contributed by atoms with van der Waals surface area (Å²) in [5.41, 5.74) is 2.40. The lowest BCUT2D eigenvalue weighted by molar-refractivity contribution is 0.102. The molecule has 2 rings (SSSR count). The smallest absolute Gasteiger partial charge is 0.255 e. The molecule has 0 saturated carbocycles. The molecule has 0 atom stereocenters. The Bertz CT molecular complexity index is 653. The van der Waals surface area contributed by atoms with E-state index in [-0.39, 0.29) is 5.91 Å². The number of benzene rings is 2. The van der Waals surface area contributed by atoms with Crippen molar-refractivity contribution in [1.82, 2.24) is 0 Å². The van der Waals surface area contributed by atoms with Crippen molar-refractivity contribution < 1.29 is 14.3 Å². The Kier molecular flexibility index (Phi) is 5.42. The molecule has 4 heteroatoms. The van der Waals surface area contributed by atoms with Gasteiger partial charge in [-0.3, -0.25) is 4.79 Å². The molecule has 4 nitrogen and oxygen atoms in total. The molecular weight excluding hydrogens is 278 g/mol. The Morgan fingerprint density at radius 2 is 1.95 bits per heavy atom. The Labute approximate surface area is 131 Å². The Morgan fingerprint density at radius 3 is 2.64 bits per heavy atom. The summed E-state index contributed by atoms with van der Waals surface area (Å²) in [6.45, 7) is 4.64. The third kappa shape index (κ3) is 4.01. The van der Waals surface area contributed by atoms with Crippen LogP contribution in [0.5, 0.6) is 11.5 Å². The molecule has 0 aliphatic rings. The maximum absolute atomic E-state index is 12.3. The van der Waals surface area contributed by atoms with E-state index in [2.05, 4.69) is 5.32 Å². The molecule has 2 aromatic rings. The van der Waals surface area contributed by atoms with E-state index in [0.717, 1.165) is 17.7 Å². The number of aryl methyl sites for hydroxylation is 1. The number of anilines is 1. The molecule has 22 heavy (non-hydrogen) atoms. The van der Waals surface area contributed by atoms with Crippen LogP contribution in [0, 0.1) is 6.92 Å². The summed E-state index contributed by atoms with van der Waals surface area (Å²) >= 11 is 0. The van der Waals surface area contributed by atoms with E-state index >= 15 is 0 Å². The minimum atomic E-state index is -0.175. The largest absolute Gasteiger partial charge is 0.493 e. The van der Waals surface area contributed by atoms with Crippen LogP contribution in [0.15, 0.2) is 42.5 Å². The van der Waals surface area contributed by atoms with Crippen molar-refractivity contribution in [2.45, 2.75) is 20.3 Å². The predicted molar refractivity (Wildman–Crippen MR) is 87.9 cm³/mol. The second-order valence-corrected chi connectivity index (χ2v) is 5.04. The number of carbonyl (C=O) groups excluding carboxylic acids is 1. The van der Waals surface area contributed by atoms with E-state index in [4.69, 9.17) is 9.47 Å². The highest BCUT2D eigenvalue weighted by Gasteiger charge is 2.11. The quantitative estimate of drug-likeness (QED) is 0.875. The lowest BCUT2D eigenvalue weighted by atomic mass is 10.1. The number of nitrogens with one attached hydrogen (secondary N) is 1. The van der Waals surface area contributed by atoms with Crippen LogP contribution in [0.3, 0.4) is 0 Å².